The summed E-state index contributed by atoms with van der Waals surface area (Å²) in [5, 5.41) is 3.07. The van der Waals surface area contributed by atoms with E-state index in [2.05, 4.69) is 57.3 Å². The quantitative estimate of drug-likeness (QED) is 0.842. The fourth-order valence-corrected chi connectivity index (χ4v) is 2.53. The van der Waals surface area contributed by atoms with Crippen molar-refractivity contribution in [3.63, 3.8) is 0 Å². The first kappa shape index (κ1) is 17.3. The Bertz CT molecular complexity index is 648. The summed E-state index contributed by atoms with van der Waals surface area (Å²) in [5.41, 5.74) is 4.47. The van der Waals surface area contributed by atoms with Crippen LogP contribution < -0.4 is 5.32 Å². The zero-order valence-electron chi connectivity index (χ0n) is 14.8. The van der Waals surface area contributed by atoms with E-state index in [1.807, 2.05) is 31.2 Å². The van der Waals surface area contributed by atoms with Crippen LogP contribution in [0.25, 0.3) is 0 Å². The second-order valence-corrected chi connectivity index (χ2v) is 7.12. The van der Waals surface area contributed by atoms with E-state index < -0.39 is 0 Å². The molecule has 0 fully saturated rings. The lowest BCUT2D eigenvalue weighted by Crippen LogP contribution is -2.26. The lowest BCUT2D eigenvalue weighted by molar-refractivity contribution is 0.0940. The first-order valence-electron chi connectivity index (χ1n) is 8.31. The molecular weight excluding hydrogens is 282 g/mol. The number of hydrogen-bond acceptors (Lipinski definition) is 1. The molecule has 1 amide bonds. The number of rotatable bonds is 4. The molecule has 2 heteroatoms. The molecule has 1 N–H and O–H groups in total. The molecule has 0 saturated carbocycles. The van der Waals surface area contributed by atoms with E-state index in [-0.39, 0.29) is 17.4 Å². The monoisotopic (exact) mass is 309 g/mol. The molecular formula is C21H27NO. The predicted octanol–water partition coefficient (Wildman–Crippen LogP) is 5.04. The van der Waals surface area contributed by atoms with Crippen molar-refractivity contribution in [2.45, 2.75) is 52.5 Å². The highest BCUT2D eigenvalue weighted by Crippen LogP contribution is 2.22. The Hall–Kier alpha value is -2.09. The third-order valence-corrected chi connectivity index (χ3v) is 4.25. The predicted molar refractivity (Wildman–Crippen MR) is 96.8 cm³/mol. The fraction of sp³-hybridized carbons (Fsp3) is 0.381. The highest BCUT2D eigenvalue weighted by molar-refractivity contribution is 5.94. The van der Waals surface area contributed by atoms with Crippen LogP contribution in [-0.4, -0.2) is 5.91 Å². The van der Waals surface area contributed by atoms with Gasteiger partial charge in [-0.1, -0.05) is 64.1 Å². The molecule has 0 aliphatic heterocycles. The van der Waals surface area contributed by atoms with Gasteiger partial charge in [-0.25, -0.2) is 0 Å². The number of benzene rings is 2. The molecule has 0 aromatic heterocycles. The zero-order chi connectivity index (χ0) is 17.0. The van der Waals surface area contributed by atoms with Gasteiger partial charge in [-0.3, -0.25) is 4.79 Å². The van der Waals surface area contributed by atoms with E-state index in [0.717, 1.165) is 12.0 Å². The largest absolute Gasteiger partial charge is 0.346 e. The third-order valence-electron chi connectivity index (χ3n) is 4.25. The normalized spacial score (nSPS) is 12.7. The van der Waals surface area contributed by atoms with E-state index >= 15 is 0 Å². The lowest BCUT2D eigenvalue weighted by atomic mass is 9.86. The van der Waals surface area contributed by atoms with Crippen LogP contribution in [0.5, 0.6) is 0 Å². The van der Waals surface area contributed by atoms with Crippen molar-refractivity contribution in [3.05, 3.63) is 70.8 Å². The maximum Gasteiger partial charge on any atom is 0.251 e. The van der Waals surface area contributed by atoms with Gasteiger partial charge in [0.05, 0.1) is 6.04 Å². The summed E-state index contributed by atoms with van der Waals surface area (Å²) in [6.45, 7) is 10.7. The van der Waals surface area contributed by atoms with E-state index in [0.29, 0.717) is 5.56 Å². The van der Waals surface area contributed by atoms with Crippen LogP contribution in [0.1, 0.15) is 67.7 Å². The van der Waals surface area contributed by atoms with Gasteiger partial charge in [0, 0.05) is 5.56 Å². The fourth-order valence-electron chi connectivity index (χ4n) is 2.53. The van der Waals surface area contributed by atoms with Crippen LogP contribution in [-0.2, 0) is 11.8 Å². The molecule has 0 unspecified atom stereocenters. The minimum Gasteiger partial charge on any atom is -0.346 e. The van der Waals surface area contributed by atoms with Crippen LogP contribution in [0.3, 0.4) is 0 Å². The first-order valence-corrected chi connectivity index (χ1v) is 8.31. The molecule has 0 radical (unpaired) electrons. The molecule has 0 spiro atoms. The maximum absolute atomic E-state index is 12.4. The molecule has 2 aromatic rings. The van der Waals surface area contributed by atoms with Crippen molar-refractivity contribution in [2.24, 2.45) is 0 Å². The number of carbonyl (C=O) groups excluding carboxylic acids is 1. The number of aryl methyl sites for hydroxylation is 1. The molecule has 1 atom stereocenters. The second kappa shape index (κ2) is 6.99. The van der Waals surface area contributed by atoms with Crippen molar-refractivity contribution >= 4 is 5.91 Å². The van der Waals surface area contributed by atoms with Gasteiger partial charge in [-0.15, -0.1) is 0 Å². The van der Waals surface area contributed by atoms with Gasteiger partial charge in [-0.05, 0) is 47.6 Å². The van der Waals surface area contributed by atoms with Gasteiger partial charge >= 0.3 is 0 Å². The average molecular weight is 309 g/mol. The summed E-state index contributed by atoms with van der Waals surface area (Å²) in [6, 6.07) is 16.3. The van der Waals surface area contributed by atoms with Crippen LogP contribution >= 0.6 is 0 Å². The van der Waals surface area contributed by atoms with Crippen molar-refractivity contribution < 1.29 is 4.79 Å². The van der Waals surface area contributed by atoms with Crippen LogP contribution in [0.2, 0.25) is 0 Å². The minimum atomic E-state index is -0.0301. The molecule has 23 heavy (non-hydrogen) atoms. The standard InChI is InChI=1S/C21H27NO/c1-6-16-7-9-17(10-8-16)15(2)22-20(23)18-11-13-19(14-12-18)21(3,4)5/h7-15H,6H2,1-5H3,(H,22,23)/t15-/m1/s1. The number of hydrogen-bond donors (Lipinski definition) is 1. The Morgan fingerprint density at radius 2 is 1.57 bits per heavy atom. The van der Waals surface area contributed by atoms with Gasteiger partial charge in [0.25, 0.3) is 5.91 Å². The van der Waals surface area contributed by atoms with Crippen LogP contribution in [0.15, 0.2) is 48.5 Å². The second-order valence-electron chi connectivity index (χ2n) is 7.12. The number of carbonyl (C=O) groups is 1. The number of nitrogens with one attached hydrogen (secondary N) is 1. The lowest BCUT2D eigenvalue weighted by Gasteiger charge is -2.19. The average Bonchev–Trinajstić information content (AvgIpc) is 2.54. The van der Waals surface area contributed by atoms with Gasteiger partial charge in [0.15, 0.2) is 0 Å². The molecule has 2 rings (SSSR count). The van der Waals surface area contributed by atoms with Crippen molar-refractivity contribution in [1.29, 1.82) is 0 Å². The molecule has 0 aliphatic rings. The van der Waals surface area contributed by atoms with Crippen LogP contribution in [0, 0.1) is 0 Å². The Labute approximate surface area is 139 Å². The Balaban J connectivity index is 2.05. The number of amides is 1. The van der Waals surface area contributed by atoms with E-state index in [4.69, 9.17) is 0 Å². The SMILES string of the molecule is CCc1ccc([C@@H](C)NC(=O)c2ccc(C(C)(C)C)cc2)cc1. The van der Waals surface area contributed by atoms with Crippen LogP contribution in [0.4, 0.5) is 0 Å². The van der Waals surface area contributed by atoms with E-state index in [9.17, 15) is 4.79 Å². The summed E-state index contributed by atoms with van der Waals surface area (Å²) in [5.74, 6) is -0.0301. The van der Waals surface area contributed by atoms with Gasteiger partial charge < -0.3 is 5.32 Å². The summed E-state index contributed by atoms with van der Waals surface area (Å²) in [7, 11) is 0. The van der Waals surface area contributed by atoms with Crippen molar-refractivity contribution in [3.8, 4) is 0 Å². The van der Waals surface area contributed by atoms with Gasteiger partial charge in [0.1, 0.15) is 0 Å². The van der Waals surface area contributed by atoms with Gasteiger partial charge in [0.2, 0.25) is 0 Å². The molecule has 0 heterocycles. The van der Waals surface area contributed by atoms with E-state index in [1.54, 1.807) is 0 Å². The van der Waals surface area contributed by atoms with Crippen molar-refractivity contribution in [2.75, 3.05) is 0 Å². The zero-order valence-corrected chi connectivity index (χ0v) is 14.8. The van der Waals surface area contributed by atoms with Gasteiger partial charge in [-0.2, -0.15) is 0 Å². The topological polar surface area (TPSA) is 29.1 Å². The Morgan fingerprint density at radius 1 is 1.00 bits per heavy atom. The molecule has 2 aromatic carbocycles. The third kappa shape index (κ3) is 4.44. The Kier molecular flexibility index (Phi) is 5.25. The van der Waals surface area contributed by atoms with E-state index in [1.165, 1.54) is 11.1 Å². The molecule has 2 nitrogen and oxygen atoms in total. The minimum absolute atomic E-state index is 0.00398. The first-order chi connectivity index (χ1) is 10.8. The summed E-state index contributed by atoms with van der Waals surface area (Å²) in [4.78, 5) is 12.4. The molecule has 0 saturated heterocycles. The van der Waals surface area contributed by atoms with Crippen molar-refractivity contribution in [1.82, 2.24) is 5.32 Å². The molecule has 0 bridgehead atoms. The smallest absolute Gasteiger partial charge is 0.251 e. The highest BCUT2D eigenvalue weighted by atomic mass is 16.1. The molecule has 0 aliphatic carbocycles. The summed E-state index contributed by atoms with van der Waals surface area (Å²) >= 11 is 0. The summed E-state index contributed by atoms with van der Waals surface area (Å²) < 4.78 is 0. The molecule has 122 valence electrons. The highest BCUT2D eigenvalue weighted by Gasteiger charge is 2.15. The maximum atomic E-state index is 12.4. The summed E-state index contributed by atoms with van der Waals surface area (Å²) in [6.07, 6.45) is 1.03. The Morgan fingerprint density at radius 3 is 2.04 bits per heavy atom.